The molecule has 0 unspecified atom stereocenters. The van der Waals surface area contributed by atoms with Crippen LogP contribution < -0.4 is 9.47 Å². The number of nitrogens with zero attached hydrogens (tertiary/aromatic N) is 1. The highest BCUT2D eigenvalue weighted by atomic mass is 19.4. The van der Waals surface area contributed by atoms with Crippen LogP contribution in [0.25, 0.3) is 0 Å². The molecule has 9 heteroatoms. The van der Waals surface area contributed by atoms with Crippen LogP contribution in [0.1, 0.15) is 37.8 Å². The van der Waals surface area contributed by atoms with Crippen molar-refractivity contribution in [2.24, 2.45) is 5.16 Å². The summed E-state index contributed by atoms with van der Waals surface area (Å²) in [6, 6.07) is 11.9. The summed E-state index contributed by atoms with van der Waals surface area (Å²) in [4.78, 5) is 17.2. The third-order valence-corrected chi connectivity index (χ3v) is 5.80. The van der Waals surface area contributed by atoms with Crippen LogP contribution in [0.5, 0.6) is 11.5 Å². The van der Waals surface area contributed by atoms with Crippen molar-refractivity contribution in [3.63, 3.8) is 0 Å². The number of benzene rings is 2. The summed E-state index contributed by atoms with van der Waals surface area (Å²) in [6.45, 7) is 4.19. The Bertz CT molecular complexity index is 1200. The molecule has 6 nitrogen and oxygen atoms in total. The molecule has 0 bridgehead atoms. The van der Waals surface area contributed by atoms with Gasteiger partial charge in [-0.2, -0.15) is 13.2 Å². The van der Waals surface area contributed by atoms with Gasteiger partial charge < -0.3 is 19.0 Å². The highest BCUT2D eigenvalue weighted by molar-refractivity contribution is 6.43. The lowest BCUT2D eigenvalue weighted by atomic mass is 9.85. The van der Waals surface area contributed by atoms with Crippen molar-refractivity contribution >= 4 is 11.7 Å². The second-order valence-electron chi connectivity index (χ2n) is 8.36. The van der Waals surface area contributed by atoms with Gasteiger partial charge in [-0.3, -0.25) is 0 Å². The molecule has 0 aromatic heterocycles. The topological polar surface area (TPSA) is 66.4 Å². The molecule has 1 aliphatic carbocycles. The summed E-state index contributed by atoms with van der Waals surface area (Å²) in [5.41, 5.74) is 3.66. The van der Waals surface area contributed by atoms with Gasteiger partial charge in [-0.25, -0.2) is 4.79 Å². The highest BCUT2D eigenvalue weighted by Crippen LogP contribution is 2.32. The van der Waals surface area contributed by atoms with Crippen LogP contribution in [0.2, 0.25) is 0 Å². The number of oxime groups is 1. The summed E-state index contributed by atoms with van der Waals surface area (Å²) < 4.78 is 55.4. The summed E-state index contributed by atoms with van der Waals surface area (Å²) >= 11 is 0. The molecule has 0 saturated heterocycles. The van der Waals surface area contributed by atoms with Crippen LogP contribution in [0, 0.1) is 0 Å². The largest absolute Gasteiger partial charge is 0.489 e. The molecule has 2 aromatic rings. The molecular weight excluding hydrogens is 475 g/mol. The Morgan fingerprint density at radius 2 is 1.56 bits per heavy atom. The summed E-state index contributed by atoms with van der Waals surface area (Å²) in [7, 11) is 2.65. The van der Waals surface area contributed by atoms with E-state index in [2.05, 4.69) is 5.16 Å². The number of methoxy groups -OCH3 is 1. The van der Waals surface area contributed by atoms with E-state index in [1.54, 1.807) is 30.3 Å². The van der Waals surface area contributed by atoms with E-state index < -0.39 is 17.7 Å². The fourth-order valence-corrected chi connectivity index (χ4v) is 3.74. The maximum atomic E-state index is 12.9. The van der Waals surface area contributed by atoms with Crippen LogP contribution in [-0.4, -0.2) is 32.5 Å². The zero-order chi connectivity index (χ0) is 26.3. The summed E-state index contributed by atoms with van der Waals surface area (Å²) in [5, 5.41) is 3.89. The Labute approximate surface area is 208 Å². The molecule has 0 saturated carbocycles. The third-order valence-electron chi connectivity index (χ3n) is 5.80. The number of hydrogen-bond donors (Lipinski definition) is 0. The number of alkyl halides is 3. The quantitative estimate of drug-likeness (QED) is 0.175. The molecule has 0 radical (unpaired) electrons. The Morgan fingerprint density at radius 1 is 0.917 bits per heavy atom. The average molecular weight is 504 g/mol. The zero-order valence-electron chi connectivity index (χ0n) is 20.6. The van der Waals surface area contributed by atoms with E-state index in [9.17, 15) is 18.0 Å². The number of ether oxygens (including phenoxy) is 3. The number of esters is 1. The first kappa shape index (κ1) is 26.8. The van der Waals surface area contributed by atoms with Crippen molar-refractivity contribution in [3.8, 4) is 11.5 Å². The molecule has 0 heterocycles. The van der Waals surface area contributed by atoms with Crippen LogP contribution in [-0.2, 0) is 27.2 Å². The van der Waals surface area contributed by atoms with Crippen molar-refractivity contribution in [1.82, 2.24) is 0 Å². The minimum atomic E-state index is -4.41. The van der Waals surface area contributed by atoms with Gasteiger partial charge in [0, 0.05) is 6.07 Å². The number of carbonyl (C=O) groups is 1. The van der Waals surface area contributed by atoms with Crippen LogP contribution >= 0.6 is 0 Å². The first-order valence-electron chi connectivity index (χ1n) is 11.2. The number of rotatable bonds is 9. The van der Waals surface area contributed by atoms with Crippen molar-refractivity contribution < 1.29 is 37.0 Å². The van der Waals surface area contributed by atoms with Crippen LogP contribution in [0.3, 0.4) is 0 Å². The predicted octanol–water partition coefficient (Wildman–Crippen LogP) is 6.27. The highest BCUT2D eigenvalue weighted by Gasteiger charge is 2.30. The molecule has 0 fully saturated rings. The first-order valence-corrected chi connectivity index (χ1v) is 11.2. The monoisotopic (exact) mass is 503 g/mol. The van der Waals surface area contributed by atoms with E-state index >= 15 is 0 Å². The Hall–Kier alpha value is -3.75. The Morgan fingerprint density at radius 3 is 2.19 bits per heavy atom. The zero-order valence-corrected chi connectivity index (χ0v) is 20.6. The van der Waals surface area contributed by atoms with Gasteiger partial charge in [0.15, 0.2) is 5.71 Å². The maximum Gasteiger partial charge on any atom is 0.416 e. The average Bonchev–Trinajstić information content (AvgIpc) is 2.86. The van der Waals surface area contributed by atoms with Crippen molar-refractivity contribution in [2.75, 3.05) is 20.8 Å². The van der Waals surface area contributed by atoms with Crippen LogP contribution in [0.15, 0.2) is 76.0 Å². The molecule has 0 atom stereocenters. The minimum Gasteiger partial charge on any atom is -0.489 e. The van der Waals surface area contributed by atoms with E-state index in [1.165, 1.54) is 25.9 Å². The number of allylic oxidation sites excluding steroid dienone is 2. The van der Waals surface area contributed by atoms with Gasteiger partial charge in [-0.1, -0.05) is 34.5 Å². The molecule has 2 aromatic carbocycles. The number of halogens is 3. The van der Waals surface area contributed by atoms with Crippen molar-refractivity contribution in [3.05, 3.63) is 82.0 Å². The Kier molecular flexibility index (Phi) is 8.79. The molecule has 0 amide bonds. The number of carbonyl (C=O) groups excluding carboxylic acids is 1. The van der Waals surface area contributed by atoms with Gasteiger partial charge in [0.1, 0.15) is 31.8 Å². The van der Waals surface area contributed by atoms with E-state index in [1.807, 2.05) is 13.8 Å². The molecule has 0 N–H and O–H groups in total. The predicted molar refractivity (Wildman–Crippen MR) is 129 cm³/mol. The Balaban J connectivity index is 1.74. The molecule has 0 spiro atoms. The fraction of sp³-hybridized carbons (Fsp3) is 0.333. The van der Waals surface area contributed by atoms with E-state index in [-0.39, 0.29) is 18.9 Å². The second kappa shape index (κ2) is 11.8. The molecule has 3 rings (SSSR count). The lowest BCUT2D eigenvalue weighted by Gasteiger charge is -2.23. The molecule has 0 aliphatic heterocycles. The second-order valence-corrected chi connectivity index (χ2v) is 8.36. The van der Waals surface area contributed by atoms with E-state index in [4.69, 9.17) is 19.0 Å². The third kappa shape index (κ3) is 6.90. The lowest BCUT2D eigenvalue weighted by Crippen LogP contribution is -2.24. The van der Waals surface area contributed by atoms with Crippen molar-refractivity contribution in [1.29, 1.82) is 0 Å². The van der Waals surface area contributed by atoms with Gasteiger partial charge in [0.2, 0.25) is 0 Å². The van der Waals surface area contributed by atoms with Gasteiger partial charge in [0.25, 0.3) is 0 Å². The van der Waals surface area contributed by atoms with Gasteiger partial charge in [-0.05, 0) is 67.7 Å². The van der Waals surface area contributed by atoms with E-state index in [0.29, 0.717) is 35.5 Å². The fourth-order valence-electron chi connectivity index (χ4n) is 3.74. The standard InChI is InChI=1S/C27H28F3NO5/c1-17-11-20(24(12-18(17)2)25(31-34-4)26(32)33-3)16-36-23-10-6-9-22(14-23)35-15-19-7-5-8-21(13-19)27(28,29)30/h5-10,13-14H,11-12,15-16H2,1-4H3/b31-25+. The van der Waals surface area contributed by atoms with E-state index in [0.717, 1.165) is 23.3 Å². The molecular formula is C27H28F3NO5. The molecule has 1 aliphatic rings. The minimum absolute atomic E-state index is 0.0259. The molecule has 192 valence electrons. The smallest absolute Gasteiger partial charge is 0.416 e. The van der Waals surface area contributed by atoms with Crippen LogP contribution in [0.4, 0.5) is 13.2 Å². The first-order chi connectivity index (χ1) is 17.1. The lowest BCUT2D eigenvalue weighted by molar-refractivity contribution is -0.137. The number of hydrogen-bond acceptors (Lipinski definition) is 6. The maximum absolute atomic E-state index is 12.9. The summed E-state index contributed by atoms with van der Waals surface area (Å²) in [6.07, 6.45) is -3.29. The van der Waals surface area contributed by atoms with Gasteiger partial charge in [-0.15, -0.1) is 0 Å². The SMILES string of the molecule is CO/N=C(/C(=O)OC)C1=C(COc2cccc(OCc3cccc(C(F)(F)F)c3)c2)CC(C)=C(C)C1. The van der Waals surface area contributed by atoms with Gasteiger partial charge in [0.05, 0.1) is 12.7 Å². The normalized spacial score (nSPS) is 14.6. The summed E-state index contributed by atoms with van der Waals surface area (Å²) in [5.74, 6) is 0.364. The molecule has 36 heavy (non-hydrogen) atoms. The van der Waals surface area contributed by atoms with Crippen molar-refractivity contribution in [2.45, 2.75) is 39.5 Å². The van der Waals surface area contributed by atoms with Gasteiger partial charge >= 0.3 is 12.1 Å².